The summed E-state index contributed by atoms with van der Waals surface area (Å²) in [6, 6.07) is 25.0. The van der Waals surface area contributed by atoms with Crippen molar-refractivity contribution < 1.29 is 19.7 Å². The molecule has 8 heteroatoms. The number of ether oxygens (including phenoxy) is 1. The standard InChI is InChI=1S/C32H34N4O4/c37-29-27(16-21-7-3-1-4-8-21)35(19-23-11-12-25-24(15-23)18-33-34-25)31(39)36-26-13-14-32(36,30(29)38)17-28(26)40-20-22-9-5-2-6-10-22/h1-12,15,18,26-30,37-38H,13-14,16-17,19-20H2,(H,33,34)/t26-,27+,28+,29-,30-,32-/m0/s1. The maximum absolute atomic E-state index is 14.6. The number of amides is 2. The summed E-state index contributed by atoms with van der Waals surface area (Å²) in [7, 11) is 0. The van der Waals surface area contributed by atoms with E-state index in [9.17, 15) is 15.0 Å². The van der Waals surface area contributed by atoms with Gasteiger partial charge in [0.1, 0.15) is 12.2 Å². The van der Waals surface area contributed by atoms with Crippen LogP contribution < -0.4 is 0 Å². The largest absolute Gasteiger partial charge is 0.388 e. The number of fused-ring (bicyclic) bond motifs is 1. The molecule has 3 aliphatic heterocycles. The molecule has 8 nitrogen and oxygen atoms in total. The van der Waals surface area contributed by atoms with Crippen LogP contribution in [0, 0.1) is 0 Å². The zero-order valence-corrected chi connectivity index (χ0v) is 22.3. The van der Waals surface area contributed by atoms with Crippen LogP contribution in [-0.2, 0) is 24.3 Å². The van der Waals surface area contributed by atoms with Gasteiger partial charge < -0.3 is 24.7 Å². The molecule has 0 unspecified atom stereocenters. The molecule has 3 fully saturated rings. The van der Waals surface area contributed by atoms with Gasteiger partial charge in [-0.25, -0.2) is 4.79 Å². The molecule has 2 bridgehead atoms. The number of aromatic amines is 1. The van der Waals surface area contributed by atoms with Crippen molar-refractivity contribution in [1.29, 1.82) is 0 Å². The molecule has 1 aromatic heterocycles. The Morgan fingerprint density at radius 2 is 1.73 bits per heavy atom. The van der Waals surface area contributed by atoms with Crippen LogP contribution in [-0.4, -0.2) is 72.2 Å². The van der Waals surface area contributed by atoms with Crippen molar-refractivity contribution in [2.75, 3.05) is 0 Å². The van der Waals surface area contributed by atoms with Crippen molar-refractivity contribution in [2.24, 2.45) is 0 Å². The normalized spacial score (nSPS) is 29.6. The van der Waals surface area contributed by atoms with E-state index in [0.717, 1.165) is 34.0 Å². The first-order chi connectivity index (χ1) is 19.5. The van der Waals surface area contributed by atoms with Crippen molar-refractivity contribution in [3.8, 4) is 0 Å². The van der Waals surface area contributed by atoms with Crippen molar-refractivity contribution in [3.63, 3.8) is 0 Å². The molecule has 206 valence electrons. The van der Waals surface area contributed by atoms with Crippen LogP contribution in [0.5, 0.6) is 0 Å². The summed E-state index contributed by atoms with van der Waals surface area (Å²) < 4.78 is 6.38. The van der Waals surface area contributed by atoms with E-state index >= 15 is 0 Å². The van der Waals surface area contributed by atoms with E-state index < -0.39 is 23.8 Å². The van der Waals surface area contributed by atoms with Gasteiger partial charge in [0, 0.05) is 18.4 Å². The van der Waals surface area contributed by atoms with Gasteiger partial charge >= 0.3 is 6.03 Å². The number of nitrogens with zero attached hydrogens (tertiary/aromatic N) is 3. The molecule has 3 N–H and O–H groups in total. The van der Waals surface area contributed by atoms with Gasteiger partial charge in [-0.05, 0) is 48.1 Å². The minimum absolute atomic E-state index is 0.142. The number of benzene rings is 3. The van der Waals surface area contributed by atoms with Gasteiger partial charge in [0.2, 0.25) is 0 Å². The fourth-order valence-corrected chi connectivity index (χ4v) is 7.26. The van der Waals surface area contributed by atoms with Crippen LogP contribution in [0.2, 0.25) is 0 Å². The lowest BCUT2D eigenvalue weighted by Gasteiger charge is -2.38. The maximum Gasteiger partial charge on any atom is 0.321 e. The number of carbonyl (C=O) groups is 1. The first-order valence-corrected chi connectivity index (χ1v) is 14.1. The molecule has 2 amide bonds. The second kappa shape index (κ2) is 10.0. The van der Waals surface area contributed by atoms with E-state index in [-0.39, 0.29) is 18.2 Å². The summed E-state index contributed by atoms with van der Waals surface area (Å²) in [5.41, 5.74) is 3.11. The van der Waals surface area contributed by atoms with E-state index in [1.807, 2.05) is 83.8 Å². The predicted octanol–water partition coefficient (Wildman–Crippen LogP) is 4.02. The van der Waals surface area contributed by atoms with Gasteiger partial charge in [0.15, 0.2) is 0 Å². The topological polar surface area (TPSA) is 102 Å². The van der Waals surface area contributed by atoms with Crippen LogP contribution in [0.15, 0.2) is 85.1 Å². The zero-order chi connectivity index (χ0) is 27.3. The number of urea groups is 1. The molecule has 3 saturated heterocycles. The number of nitrogens with one attached hydrogen (secondary N) is 1. The minimum atomic E-state index is -1.11. The fraction of sp³-hybridized carbons (Fsp3) is 0.375. The van der Waals surface area contributed by atoms with Gasteiger partial charge in [0.05, 0.1) is 42.0 Å². The molecule has 3 aliphatic rings. The molecule has 0 spiro atoms. The Balaban J connectivity index is 1.23. The number of H-pyrrole nitrogens is 1. The molecule has 4 heterocycles. The highest BCUT2D eigenvalue weighted by Gasteiger charge is 2.66. The second-order valence-electron chi connectivity index (χ2n) is 11.5. The summed E-state index contributed by atoms with van der Waals surface area (Å²) in [5, 5.41) is 31.7. The third kappa shape index (κ3) is 4.18. The van der Waals surface area contributed by atoms with Crippen LogP contribution in [0.3, 0.4) is 0 Å². The van der Waals surface area contributed by atoms with Gasteiger partial charge in [-0.2, -0.15) is 5.10 Å². The highest BCUT2D eigenvalue weighted by Crippen LogP contribution is 2.53. The van der Waals surface area contributed by atoms with E-state index in [1.165, 1.54) is 0 Å². The number of rotatable bonds is 7. The van der Waals surface area contributed by atoms with Crippen LogP contribution in [0.4, 0.5) is 4.79 Å². The van der Waals surface area contributed by atoms with Crippen molar-refractivity contribution in [3.05, 3.63) is 102 Å². The van der Waals surface area contributed by atoms with Crippen molar-refractivity contribution in [1.82, 2.24) is 20.0 Å². The number of aliphatic hydroxyl groups is 2. The van der Waals surface area contributed by atoms with Crippen LogP contribution >= 0.6 is 0 Å². The Hall–Kier alpha value is -3.72. The Morgan fingerprint density at radius 1 is 0.975 bits per heavy atom. The lowest BCUT2D eigenvalue weighted by Crippen LogP contribution is -2.55. The molecule has 0 aliphatic carbocycles. The number of carbonyl (C=O) groups excluding carboxylic acids is 1. The average molecular weight is 539 g/mol. The van der Waals surface area contributed by atoms with Crippen LogP contribution in [0.25, 0.3) is 10.9 Å². The van der Waals surface area contributed by atoms with Gasteiger partial charge in [0.25, 0.3) is 0 Å². The monoisotopic (exact) mass is 538 g/mol. The van der Waals surface area contributed by atoms with E-state index in [4.69, 9.17) is 4.74 Å². The molecular formula is C32H34N4O4. The first kappa shape index (κ1) is 25.3. The summed E-state index contributed by atoms with van der Waals surface area (Å²) in [5.74, 6) is 0. The minimum Gasteiger partial charge on any atom is -0.388 e. The maximum atomic E-state index is 14.6. The highest BCUT2D eigenvalue weighted by atomic mass is 16.5. The Kier molecular flexibility index (Phi) is 6.34. The fourth-order valence-electron chi connectivity index (χ4n) is 7.26. The van der Waals surface area contributed by atoms with Gasteiger partial charge in [-0.15, -0.1) is 0 Å². The molecule has 40 heavy (non-hydrogen) atoms. The number of aromatic nitrogens is 2. The van der Waals surface area contributed by atoms with E-state index in [2.05, 4.69) is 10.2 Å². The lowest BCUT2D eigenvalue weighted by molar-refractivity contribution is -0.0728. The summed E-state index contributed by atoms with van der Waals surface area (Å²) in [6.07, 6.45) is 1.73. The van der Waals surface area contributed by atoms with Gasteiger partial charge in [-0.1, -0.05) is 66.7 Å². The Labute approximate surface area is 233 Å². The summed E-state index contributed by atoms with van der Waals surface area (Å²) >= 11 is 0. The average Bonchev–Trinajstić information content (AvgIpc) is 3.69. The third-order valence-electron chi connectivity index (χ3n) is 9.24. The molecule has 0 radical (unpaired) electrons. The first-order valence-electron chi connectivity index (χ1n) is 14.1. The zero-order valence-electron chi connectivity index (χ0n) is 22.3. The number of hydrogen-bond acceptors (Lipinski definition) is 5. The number of aliphatic hydroxyl groups excluding tert-OH is 2. The number of hydrogen-bond donors (Lipinski definition) is 3. The SMILES string of the molecule is O=C1N(Cc2ccc3[nH]ncc3c2)[C@H](Cc2ccccc2)[C@H](O)[C@H](O)[C@]23CC[C@@H]([C@H](OCc4ccccc4)C2)N13. The highest BCUT2D eigenvalue weighted by molar-refractivity contribution is 5.80. The smallest absolute Gasteiger partial charge is 0.321 e. The molecule has 0 saturated carbocycles. The Bertz CT molecular complexity index is 1490. The van der Waals surface area contributed by atoms with E-state index in [0.29, 0.717) is 32.4 Å². The molecule has 4 aromatic rings. The lowest BCUT2D eigenvalue weighted by atomic mass is 9.78. The quantitative estimate of drug-likeness (QED) is 0.330. The molecule has 6 atom stereocenters. The van der Waals surface area contributed by atoms with Crippen molar-refractivity contribution in [2.45, 2.75) is 74.8 Å². The predicted molar refractivity (Wildman–Crippen MR) is 150 cm³/mol. The molecule has 7 rings (SSSR count). The third-order valence-corrected chi connectivity index (χ3v) is 9.24. The molecule has 3 aromatic carbocycles. The van der Waals surface area contributed by atoms with Crippen molar-refractivity contribution >= 4 is 16.9 Å². The van der Waals surface area contributed by atoms with E-state index in [1.54, 1.807) is 11.1 Å². The second-order valence-corrected chi connectivity index (χ2v) is 11.5. The van der Waals surface area contributed by atoms with Gasteiger partial charge in [-0.3, -0.25) is 5.10 Å². The summed E-state index contributed by atoms with van der Waals surface area (Å²) in [4.78, 5) is 18.2. The Morgan fingerprint density at radius 3 is 2.50 bits per heavy atom. The van der Waals surface area contributed by atoms with Crippen LogP contribution in [0.1, 0.15) is 36.0 Å². The summed E-state index contributed by atoms with van der Waals surface area (Å²) in [6.45, 7) is 0.764. The molecular weight excluding hydrogens is 504 g/mol.